The third kappa shape index (κ3) is 2.44. The average Bonchev–Trinajstić information content (AvgIpc) is 2.72. The van der Waals surface area contributed by atoms with Crippen LogP contribution in [-0.2, 0) is 4.79 Å². The monoisotopic (exact) mass is 193 g/mol. The minimum absolute atomic E-state index is 0.393. The fourth-order valence-corrected chi connectivity index (χ4v) is 2.38. The van der Waals surface area contributed by atoms with Crippen molar-refractivity contribution in [1.82, 2.24) is 5.32 Å². The molecule has 2 rings (SSSR count). The summed E-state index contributed by atoms with van der Waals surface area (Å²) in [7, 11) is 0. The Morgan fingerprint density at radius 1 is 1.43 bits per heavy atom. The number of ketones is 1. The zero-order chi connectivity index (χ0) is 9.80. The van der Waals surface area contributed by atoms with Gasteiger partial charge in [0.05, 0.1) is 0 Å². The Hall–Kier alpha value is -0.630. The molecular weight excluding hydrogens is 174 g/mol. The Bertz CT molecular complexity index is 239. The molecule has 1 atom stereocenters. The van der Waals surface area contributed by atoms with Crippen molar-refractivity contribution in [2.45, 2.75) is 51.0 Å². The van der Waals surface area contributed by atoms with Crippen molar-refractivity contribution in [2.75, 3.05) is 6.54 Å². The minimum Gasteiger partial charge on any atom is -0.314 e. The number of rotatable bonds is 3. The highest BCUT2D eigenvalue weighted by Crippen LogP contribution is 2.21. The topological polar surface area (TPSA) is 29.1 Å². The van der Waals surface area contributed by atoms with Gasteiger partial charge >= 0.3 is 0 Å². The smallest absolute Gasteiger partial charge is 0.160 e. The van der Waals surface area contributed by atoms with E-state index in [-0.39, 0.29) is 0 Å². The van der Waals surface area contributed by atoms with Gasteiger partial charge in [0.15, 0.2) is 5.78 Å². The predicted molar refractivity (Wildman–Crippen MR) is 57.2 cm³/mol. The number of nitrogens with one attached hydrogen (secondary N) is 1. The van der Waals surface area contributed by atoms with Crippen molar-refractivity contribution in [2.24, 2.45) is 0 Å². The molecule has 2 aliphatic rings. The van der Waals surface area contributed by atoms with E-state index in [1.165, 1.54) is 25.7 Å². The third-order valence-electron chi connectivity index (χ3n) is 3.24. The Morgan fingerprint density at radius 2 is 2.36 bits per heavy atom. The van der Waals surface area contributed by atoms with Crippen molar-refractivity contribution in [1.29, 1.82) is 0 Å². The first-order chi connectivity index (χ1) is 6.86. The summed E-state index contributed by atoms with van der Waals surface area (Å²) in [4.78, 5) is 11.8. The van der Waals surface area contributed by atoms with Gasteiger partial charge < -0.3 is 5.32 Å². The van der Waals surface area contributed by atoms with Crippen LogP contribution in [0.5, 0.6) is 0 Å². The summed E-state index contributed by atoms with van der Waals surface area (Å²) in [5.74, 6) is 0.393. The van der Waals surface area contributed by atoms with E-state index < -0.39 is 0 Å². The van der Waals surface area contributed by atoms with Crippen molar-refractivity contribution in [3.8, 4) is 0 Å². The lowest BCUT2D eigenvalue weighted by Gasteiger charge is -2.14. The van der Waals surface area contributed by atoms with Gasteiger partial charge in [-0.15, -0.1) is 0 Å². The maximum absolute atomic E-state index is 11.8. The SMILES string of the molecule is O=C(CC1CCCN1)C1=CCCCC1. The zero-order valence-corrected chi connectivity index (χ0v) is 8.72. The second-order valence-corrected chi connectivity index (χ2v) is 4.40. The van der Waals surface area contributed by atoms with Gasteiger partial charge in [0.2, 0.25) is 0 Å². The van der Waals surface area contributed by atoms with Gasteiger partial charge in [-0.05, 0) is 50.6 Å². The fraction of sp³-hybridized carbons (Fsp3) is 0.750. The van der Waals surface area contributed by atoms with Crippen LogP contribution < -0.4 is 5.32 Å². The van der Waals surface area contributed by atoms with E-state index in [0.717, 1.165) is 31.4 Å². The molecule has 1 aliphatic carbocycles. The molecule has 1 unspecified atom stereocenters. The molecule has 0 saturated carbocycles. The molecule has 1 heterocycles. The highest BCUT2D eigenvalue weighted by molar-refractivity contribution is 5.95. The molecule has 0 radical (unpaired) electrons. The quantitative estimate of drug-likeness (QED) is 0.744. The van der Waals surface area contributed by atoms with Crippen molar-refractivity contribution < 1.29 is 4.79 Å². The van der Waals surface area contributed by atoms with Crippen LogP contribution in [-0.4, -0.2) is 18.4 Å². The number of carbonyl (C=O) groups excluding carboxylic acids is 1. The normalized spacial score (nSPS) is 27.4. The number of Topliss-reactive ketones (excluding diaryl/α,β-unsaturated/α-hetero) is 1. The molecule has 1 saturated heterocycles. The van der Waals surface area contributed by atoms with Gasteiger partial charge in [-0.2, -0.15) is 0 Å². The summed E-state index contributed by atoms with van der Waals surface area (Å²) in [5.41, 5.74) is 1.10. The van der Waals surface area contributed by atoms with Crippen LogP contribution in [0.2, 0.25) is 0 Å². The third-order valence-corrected chi connectivity index (χ3v) is 3.24. The van der Waals surface area contributed by atoms with Crippen LogP contribution in [0.15, 0.2) is 11.6 Å². The molecule has 2 nitrogen and oxygen atoms in total. The number of hydrogen-bond donors (Lipinski definition) is 1. The Kier molecular flexibility index (Phi) is 3.35. The summed E-state index contributed by atoms with van der Waals surface area (Å²) < 4.78 is 0. The van der Waals surface area contributed by atoms with E-state index in [2.05, 4.69) is 11.4 Å². The van der Waals surface area contributed by atoms with Crippen LogP contribution in [0, 0.1) is 0 Å². The van der Waals surface area contributed by atoms with E-state index in [4.69, 9.17) is 0 Å². The second-order valence-electron chi connectivity index (χ2n) is 4.40. The van der Waals surface area contributed by atoms with Crippen LogP contribution in [0.4, 0.5) is 0 Å². The van der Waals surface area contributed by atoms with Gasteiger partial charge in [0.25, 0.3) is 0 Å². The van der Waals surface area contributed by atoms with Crippen LogP contribution in [0.25, 0.3) is 0 Å². The molecule has 0 bridgehead atoms. The lowest BCUT2D eigenvalue weighted by molar-refractivity contribution is -0.116. The lowest BCUT2D eigenvalue weighted by Crippen LogP contribution is -2.25. The van der Waals surface area contributed by atoms with Gasteiger partial charge in [-0.25, -0.2) is 0 Å². The van der Waals surface area contributed by atoms with Crippen molar-refractivity contribution in [3.05, 3.63) is 11.6 Å². The Balaban J connectivity index is 1.84. The highest BCUT2D eigenvalue weighted by atomic mass is 16.1. The molecule has 2 heteroatoms. The van der Waals surface area contributed by atoms with E-state index in [1.807, 2.05) is 0 Å². The number of allylic oxidation sites excluding steroid dienone is 2. The van der Waals surface area contributed by atoms with E-state index >= 15 is 0 Å². The molecule has 0 amide bonds. The molecule has 0 aromatic rings. The number of carbonyl (C=O) groups is 1. The molecule has 1 aliphatic heterocycles. The zero-order valence-electron chi connectivity index (χ0n) is 8.72. The van der Waals surface area contributed by atoms with Gasteiger partial charge in [0, 0.05) is 12.5 Å². The fourth-order valence-electron chi connectivity index (χ4n) is 2.38. The molecule has 0 aromatic heterocycles. The van der Waals surface area contributed by atoms with Crippen LogP contribution >= 0.6 is 0 Å². The Morgan fingerprint density at radius 3 is 3.00 bits per heavy atom. The van der Waals surface area contributed by atoms with E-state index in [1.54, 1.807) is 0 Å². The maximum Gasteiger partial charge on any atom is 0.160 e. The molecule has 14 heavy (non-hydrogen) atoms. The van der Waals surface area contributed by atoms with Gasteiger partial charge in [-0.3, -0.25) is 4.79 Å². The molecule has 0 spiro atoms. The minimum atomic E-state index is 0.393. The molecular formula is C12H19NO. The first-order valence-corrected chi connectivity index (χ1v) is 5.82. The summed E-state index contributed by atoms with van der Waals surface area (Å²) in [6.45, 7) is 1.09. The van der Waals surface area contributed by atoms with Gasteiger partial charge in [0.1, 0.15) is 0 Å². The highest BCUT2D eigenvalue weighted by Gasteiger charge is 2.20. The first kappa shape index (κ1) is 9.91. The molecule has 1 fully saturated rings. The van der Waals surface area contributed by atoms with Crippen LogP contribution in [0.3, 0.4) is 0 Å². The summed E-state index contributed by atoms with van der Waals surface area (Å²) in [6, 6.07) is 0.463. The van der Waals surface area contributed by atoms with Crippen LogP contribution in [0.1, 0.15) is 44.9 Å². The van der Waals surface area contributed by atoms with Crippen molar-refractivity contribution in [3.63, 3.8) is 0 Å². The average molecular weight is 193 g/mol. The number of hydrogen-bond acceptors (Lipinski definition) is 2. The lowest BCUT2D eigenvalue weighted by atomic mass is 9.93. The first-order valence-electron chi connectivity index (χ1n) is 5.82. The second kappa shape index (κ2) is 4.74. The molecule has 1 N–H and O–H groups in total. The standard InChI is InChI=1S/C12H19NO/c14-12(9-11-7-4-8-13-11)10-5-2-1-3-6-10/h5,11,13H,1-4,6-9H2. The molecule has 78 valence electrons. The summed E-state index contributed by atoms with van der Waals surface area (Å²) in [6.07, 6.45) is 9.89. The van der Waals surface area contributed by atoms with Gasteiger partial charge in [-0.1, -0.05) is 6.08 Å². The predicted octanol–water partition coefficient (Wildman–Crippen LogP) is 2.20. The van der Waals surface area contributed by atoms with E-state index in [0.29, 0.717) is 11.8 Å². The summed E-state index contributed by atoms with van der Waals surface area (Å²) in [5, 5.41) is 3.38. The van der Waals surface area contributed by atoms with Crippen molar-refractivity contribution >= 4 is 5.78 Å². The Labute approximate surface area is 85.8 Å². The maximum atomic E-state index is 11.8. The molecule has 0 aromatic carbocycles. The largest absolute Gasteiger partial charge is 0.314 e. The van der Waals surface area contributed by atoms with E-state index in [9.17, 15) is 4.79 Å². The summed E-state index contributed by atoms with van der Waals surface area (Å²) >= 11 is 0.